The molecule has 1 saturated carbocycles. The molecule has 1 aliphatic rings. The van der Waals surface area contributed by atoms with Gasteiger partial charge in [-0.05, 0) is 37.5 Å². The zero-order chi connectivity index (χ0) is 15.1. The lowest BCUT2D eigenvalue weighted by atomic mass is 9.71. The molecule has 0 aliphatic heterocycles. The lowest BCUT2D eigenvalue weighted by molar-refractivity contribution is 0.163. The zero-order valence-corrected chi connectivity index (χ0v) is 13.8. The van der Waals surface area contributed by atoms with Gasteiger partial charge < -0.3 is 0 Å². The number of aromatic nitrogens is 2. The summed E-state index contributed by atoms with van der Waals surface area (Å²) in [6, 6.07) is 0.0124. The Morgan fingerprint density at radius 2 is 2.05 bits per heavy atom. The Balaban J connectivity index is 2.18. The third-order valence-corrected chi connectivity index (χ3v) is 5.59. The summed E-state index contributed by atoms with van der Waals surface area (Å²) < 4.78 is 29.4. The van der Waals surface area contributed by atoms with Gasteiger partial charge in [0, 0.05) is 19.3 Å². The highest BCUT2D eigenvalue weighted by atomic mass is 32.2. The largest absolute Gasteiger partial charge is 0.274 e. The average Bonchev–Trinajstić information content (AvgIpc) is 2.54. The highest BCUT2D eigenvalue weighted by Gasteiger charge is 2.34. The minimum atomic E-state index is -3.48. The minimum Gasteiger partial charge on any atom is -0.274 e. The van der Waals surface area contributed by atoms with Crippen molar-refractivity contribution in [2.45, 2.75) is 57.9 Å². The molecule has 6 heteroatoms. The normalized spacial score (nSPS) is 26.6. The number of hydrogen-bond acceptors (Lipinski definition) is 3. The Morgan fingerprint density at radius 1 is 1.40 bits per heavy atom. The van der Waals surface area contributed by atoms with Gasteiger partial charge in [-0.1, -0.05) is 20.8 Å². The van der Waals surface area contributed by atoms with Crippen molar-refractivity contribution < 1.29 is 8.42 Å². The molecule has 114 valence electrons. The predicted octanol–water partition coefficient (Wildman–Crippen LogP) is 2.22. The van der Waals surface area contributed by atoms with Crippen molar-refractivity contribution in [3.8, 4) is 0 Å². The molecular formula is C14H25N3O2S. The van der Waals surface area contributed by atoms with Gasteiger partial charge in [0.2, 0.25) is 10.0 Å². The van der Waals surface area contributed by atoms with Crippen LogP contribution in [0.3, 0.4) is 0 Å². The molecule has 1 fully saturated rings. The first-order chi connectivity index (χ1) is 9.09. The summed E-state index contributed by atoms with van der Waals surface area (Å²) in [6.07, 6.45) is 4.50. The van der Waals surface area contributed by atoms with E-state index in [0.717, 1.165) is 19.3 Å². The number of hydrogen-bond donors (Lipinski definition) is 1. The van der Waals surface area contributed by atoms with Crippen LogP contribution in [0.1, 0.15) is 45.7 Å². The number of rotatable bonds is 3. The van der Waals surface area contributed by atoms with Gasteiger partial charge in [-0.25, -0.2) is 13.1 Å². The smallest absolute Gasteiger partial charge is 0.244 e. The molecule has 5 nitrogen and oxygen atoms in total. The molecule has 1 aromatic heterocycles. The van der Waals surface area contributed by atoms with Crippen molar-refractivity contribution in [3.63, 3.8) is 0 Å². The second-order valence-electron chi connectivity index (χ2n) is 6.98. The molecule has 2 unspecified atom stereocenters. The second kappa shape index (κ2) is 5.15. The minimum absolute atomic E-state index is 0.0124. The number of nitrogens with one attached hydrogen (secondary N) is 1. The van der Waals surface area contributed by atoms with Gasteiger partial charge in [0.15, 0.2) is 0 Å². The third-order valence-electron chi connectivity index (χ3n) is 3.97. The van der Waals surface area contributed by atoms with Crippen molar-refractivity contribution in [2.75, 3.05) is 0 Å². The standard InChI is InChI=1S/C14H25N3O2S/c1-10-6-12(8-14(3,4)7-10)16-20(18,19)13-9-17(5)15-11(13)2/h9-10,12,16H,6-8H2,1-5H3. The van der Waals surface area contributed by atoms with E-state index in [1.807, 2.05) is 0 Å². The van der Waals surface area contributed by atoms with E-state index in [1.54, 1.807) is 20.2 Å². The molecule has 0 spiro atoms. The molecule has 0 amide bonds. The van der Waals surface area contributed by atoms with Crippen LogP contribution in [0.15, 0.2) is 11.1 Å². The fourth-order valence-electron chi connectivity index (χ4n) is 3.56. The van der Waals surface area contributed by atoms with E-state index in [4.69, 9.17) is 0 Å². The lowest BCUT2D eigenvalue weighted by Gasteiger charge is -2.39. The van der Waals surface area contributed by atoms with Crippen LogP contribution in [0.4, 0.5) is 0 Å². The van der Waals surface area contributed by atoms with Crippen molar-refractivity contribution in [1.82, 2.24) is 14.5 Å². The Kier molecular flexibility index (Phi) is 3.99. The maximum Gasteiger partial charge on any atom is 0.244 e. The van der Waals surface area contributed by atoms with Crippen LogP contribution in [-0.2, 0) is 17.1 Å². The van der Waals surface area contributed by atoms with Crippen LogP contribution in [0, 0.1) is 18.3 Å². The molecule has 2 rings (SSSR count). The highest BCUT2D eigenvalue weighted by Crippen LogP contribution is 2.38. The van der Waals surface area contributed by atoms with Crippen LogP contribution >= 0.6 is 0 Å². The summed E-state index contributed by atoms with van der Waals surface area (Å²) in [4.78, 5) is 0.288. The van der Waals surface area contributed by atoms with Gasteiger partial charge in [0.25, 0.3) is 0 Å². The average molecular weight is 299 g/mol. The van der Waals surface area contributed by atoms with Gasteiger partial charge in [-0.3, -0.25) is 4.68 Å². The van der Waals surface area contributed by atoms with Crippen LogP contribution in [0.25, 0.3) is 0 Å². The molecule has 0 radical (unpaired) electrons. The summed E-state index contributed by atoms with van der Waals surface area (Å²) in [5.74, 6) is 0.543. The fourth-order valence-corrected chi connectivity index (χ4v) is 5.03. The number of aryl methyl sites for hydroxylation is 2. The topological polar surface area (TPSA) is 64.0 Å². The summed E-state index contributed by atoms with van der Waals surface area (Å²) in [6.45, 7) is 8.33. The summed E-state index contributed by atoms with van der Waals surface area (Å²) in [5.41, 5.74) is 0.734. The molecule has 0 aromatic carbocycles. The van der Waals surface area contributed by atoms with Crippen LogP contribution in [0.5, 0.6) is 0 Å². The molecule has 1 aromatic rings. The Morgan fingerprint density at radius 3 is 2.55 bits per heavy atom. The molecule has 1 heterocycles. The monoisotopic (exact) mass is 299 g/mol. The second-order valence-corrected chi connectivity index (χ2v) is 8.67. The first-order valence-corrected chi connectivity index (χ1v) is 8.60. The molecule has 1 N–H and O–H groups in total. The maximum atomic E-state index is 12.5. The highest BCUT2D eigenvalue weighted by molar-refractivity contribution is 7.89. The van der Waals surface area contributed by atoms with Gasteiger partial charge in [0.05, 0.1) is 5.69 Å². The Hall–Kier alpha value is -0.880. The number of sulfonamides is 1. The molecule has 1 aliphatic carbocycles. The van der Waals surface area contributed by atoms with Crippen LogP contribution in [0.2, 0.25) is 0 Å². The SMILES string of the molecule is Cc1nn(C)cc1S(=O)(=O)NC1CC(C)CC(C)(C)C1. The van der Waals surface area contributed by atoms with E-state index in [0.29, 0.717) is 11.6 Å². The first-order valence-electron chi connectivity index (χ1n) is 7.12. The Bertz CT molecular complexity index is 590. The van der Waals surface area contributed by atoms with Gasteiger partial charge in [-0.2, -0.15) is 5.10 Å². The molecule has 0 bridgehead atoms. The maximum absolute atomic E-state index is 12.5. The lowest BCUT2D eigenvalue weighted by Crippen LogP contribution is -2.42. The van der Waals surface area contributed by atoms with Crippen molar-refractivity contribution in [3.05, 3.63) is 11.9 Å². The summed E-state index contributed by atoms with van der Waals surface area (Å²) >= 11 is 0. The predicted molar refractivity (Wildman–Crippen MR) is 78.9 cm³/mol. The van der Waals surface area contributed by atoms with E-state index in [9.17, 15) is 8.42 Å². The zero-order valence-electron chi connectivity index (χ0n) is 13.0. The van der Waals surface area contributed by atoms with E-state index >= 15 is 0 Å². The number of nitrogens with zero attached hydrogens (tertiary/aromatic N) is 2. The van der Waals surface area contributed by atoms with Gasteiger partial charge in [0.1, 0.15) is 4.90 Å². The van der Waals surface area contributed by atoms with Gasteiger partial charge >= 0.3 is 0 Å². The van der Waals surface area contributed by atoms with E-state index in [1.165, 1.54) is 4.68 Å². The Labute approximate surface area is 121 Å². The quantitative estimate of drug-likeness (QED) is 0.931. The third kappa shape index (κ3) is 3.41. The summed E-state index contributed by atoms with van der Waals surface area (Å²) in [7, 11) is -1.74. The van der Waals surface area contributed by atoms with Crippen molar-refractivity contribution in [2.24, 2.45) is 18.4 Å². The van der Waals surface area contributed by atoms with Crippen LogP contribution in [-0.4, -0.2) is 24.2 Å². The van der Waals surface area contributed by atoms with E-state index < -0.39 is 10.0 Å². The first kappa shape index (κ1) is 15.5. The van der Waals surface area contributed by atoms with Crippen LogP contribution < -0.4 is 4.72 Å². The molecule has 2 atom stereocenters. The molecule has 0 saturated heterocycles. The molecule has 20 heavy (non-hydrogen) atoms. The molecular weight excluding hydrogens is 274 g/mol. The van der Waals surface area contributed by atoms with Crippen molar-refractivity contribution >= 4 is 10.0 Å². The van der Waals surface area contributed by atoms with E-state index in [-0.39, 0.29) is 16.4 Å². The van der Waals surface area contributed by atoms with Crippen molar-refractivity contribution in [1.29, 1.82) is 0 Å². The fraction of sp³-hybridized carbons (Fsp3) is 0.786. The van der Waals surface area contributed by atoms with Gasteiger partial charge in [-0.15, -0.1) is 0 Å². The van der Waals surface area contributed by atoms with E-state index in [2.05, 4.69) is 30.6 Å². The summed E-state index contributed by atoms with van der Waals surface area (Å²) in [5, 5.41) is 4.11.